The van der Waals surface area contributed by atoms with Crippen LogP contribution in [0, 0.1) is 5.92 Å². The van der Waals surface area contributed by atoms with Gasteiger partial charge in [0.05, 0.1) is 0 Å². The van der Waals surface area contributed by atoms with Crippen molar-refractivity contribution in [3.8, 4) is 5.75 Å². The molecule has 1 heterocycles. The highest BCUT2D eigenvalue weighted by atomic mass is 32.1. The second kappa shape index (κ2) is 8.67. The van der Waals surface area contributed by atoms with Crippen LogP contribution in [-0.2, 0) is 11.2 Å². The van der Waals surface area contributed by atoms with Crippen molar-refractivity contribution in [1.82, 2.24) is 5.32 Å². The summed E-state index contributed by atoms with van der Waals surface area (Å²) in [4.78, 5) is 23.9. The number of carbonyl (C=O) groups is 2. The quantitative estimate of drug-likeness (QED) is 0.735. The highest BCUT2D eigenvalue weighted by molar-refractivity contribution is 7.14. The summed E-state index contributed by atoms with van der Waals surface area (Å²) >= 11 is 1.21. The number of ether oxygens (including phenoxy) is 1. The molecule has 1 aromatic rings. The number of aromatic carboxylic acids is 1. The maximum atomic E-state index is 11.6. The first kappa shape index (κ1) is 17.5. The maximum absolute atomic E-state index is 11.6. The van der Waals surface area contributed by atoms with Gasteiger partial charge in [0, 0.05) is 11.4 Å². The summed E-state index contributed by atoms with van der Waals surface area (Å²) in [6.45, 7) is 6.66. The molecule has 0 atom stereocenters. The number of thiophene rings is 1. The molecule has 2 N–H and O–H groups in total. The average molecular weight is 313 g/mol. The minimum atomic E-state index is -1.02. The molecule has 21 heavy (non-hydrogen) atoms. The van der Waals surface area contributed by atoms with Crippen molar-refractivity contribution >= 4 is 23.2 Å². The lowest BCUT2D eigenvalue weighted by atomic mass is 10.1. The number of aryl methyl sites for hydroxylation is 1. The zero-order valence-corrected chi connectivity index (χ0v) is 13.6. The largest absolute Gasteiger partial charge is 0.482 e. The predicted molar refractivity (Wildman–Crippen MR) is 83.2 cm³/mol. The fourth-order valence-corrected chi connectivity index (χ4v) is 2.78. The molecule has 6 heteroatoms. The van der Waals surface area contributed by atoms with Crippen molar-refractivity contribution in [3.63, 3.8) is 0 Å². The number of carbonyl (C=O) groups excluding carboxylic acids is 1. The molecule has 0 saturated heterocycles. The van der Waals surface area contributed by atoms with Crippen LogP contribution in [0.2, 0.25) is 0 Å². The van der Waals surface area contributed by atoms with Gasteiger partial charge in [0.1, 0.15) is 5.75 Å². The van der Waals surface area contributed by atoms with E-state index in [0.717, 1.165) is 24.1 Å². The van der Waals surface area contributed by atoms with E-state index in [2.05, 4.69) is 19.2 Å². The molecule has 0 aromatic carbocycles. The van der Waals surface area contributed by atoms with Gasteiger partial charge in [-0.05, 0) is 24.8 Å². The lowest BCUT2D eigenvalue weighted by Crippen LogP contribution is -2.30. The average Bonchev–Trinajstić information content (AvgIpc) is 2.80. The standard InChI is InChI=1S/C15H23NO4S/c1-4-5-11-8-12(14(21-11)15(18)19)20-9-13(17)16-7-6-10(2)3/h8,10H,4-7,9H2,1-3H3,(H,16,17)(H,18,19). The van der Waals surface area contributed by atoms with Crippen molar-refractivity contribution in [1.29, 1.82) is 0 Å². The number of nitrogens with one attached hydrogen (secondary N) is 1. The van der Waals surface area contributed by atoms with E-state index in [0.29, 0.717) is 12.5 Å². The lowest BCUT2D eigenvalue weighted by molar-refractivity contribution is -0.123. The summed E-state index contributed by atoms with van der Waals surface area (Å²) in [6.07, 6.45) is 2.66. The number of amides is 1. The lowest BCUT2D eigenvalue weighted by Gasteiger charge is -2.08. The Morgan fingerprint density at radius 2 is 2.14 bits per heavy atom. The molecule has 1 amide bonds. The number of hydrogen-bond acceptors (Lipinski definition) is 4. The van der Waals surface area contributed by atoms with Crippen LogP contribution in [0.25, 0.3) is 0 Å². The van der Waals surface area contributed by atoms with Crippen LogP contribution < -0.4 is 10.1 Å². The van der Waals surface area contributed by atoms with Gasteiger partial charge < -0.3 is 15.2 Å². The number of carboxylic acid groups (broad SMARTS) is 1. The van der Waals surface area contributed by atoms with E-state index in [1.165, 1.54) is 11.3 Å². The van der Waals surface area contributed by atoms with Gasteiger partial charge in [0.2, 0.25) is 0 Å². The Morgan fingerprint density at radius 3 is 2.71 bits per heavy atom. The number of carboxylic acids is 1. The summed E-state index contributed by atoms with van der Waals surface area (Å²) in [6, 6.07) is 1.72. The summed E-state index contributed by atoms with van der Waals surface area (Å²) in [7, 11) is 0. The summed E-state index contributed by atoms with van der Waals surface area (Å²) in [5, 5.41) is 11.9. The van der Waals surface area contributed by atoms with Crippen molar-refractivity contribution in [2.75, 3.05) is 13.2 Å². The number of rotatable bonds is 9. The van der Waals surface area contributed by atoms with Crippen LogP contribution >= 0.6 is 11.3 Å². The predicted octanol–water partition coefficient (Wildman–Crippen LogP) is 2.94. The second-order valence-corrected chi connectivity index (χ2v) is 6.42. The highest BCUT2D eigenvalue weighted by Crippen LogP contribution is 2.30. The first-order valence-electron chi connectivity index (χ1n) is 7.19. The van der Waals surface area contributed by atoms with Gasteiger partial charge in [-0.1, -0.05) is 27.2 Å². The highest BCUT2D eigenvalue weighted by Gasteiger charge is 2.17. The third kappa shape index (κ3) is 6.16. The molecule has 0 aliphatic heterocycles. The van der Waals surface area contributed by atoms with Crippen molar-refractivity contribution < 1.29 is 19.4 Å². The third-order valence-electron chi connectivity index (χ3n) is 2.84. The second-order valence-electron chi connectivity index (χ2n) is 5.28. The molecule has 0 fully saturated rings. The van der Waals surface area contributed by atoms with Crippen molar-refractivity contribution in [3.05, 3.63) is 15.8 Å². The Hall–Kier alpha value is -1.56. The van der Waals surface area contributed by atoms with E-state index in [1.54, 1.807) is 6.07 Å². The first-order valence-corrected chi connectivity index (χ1v) is 8.01. The Kier molecular flexibility index (Phi) is 7.22. The maximum Gasteiger partial charge on any atom is 0.349 e. The normalized spacial score (nSPS) is 10.7. The molecule has 0 spiro atoms. The summed E-state index contributed by atoms with van der Waals surface area (Å²) in [5.74, 6) is -0.430. The molecular weight excluding hydrogens is 290 g/mol. The van der Waals surface area contributed by atoms with E-state index in [-0.39, 0.29) is 23.1 Å². The van der Waals surface area contributed by atoms with Crippen LogP contribution in [0.5, 0.6) is 5.75 Å². The minimum absolute atomic E-state index is 0.152. The van der Waals surface area contributed by atoms with Crippen LogP contribution in [0.4, 0.5) is 0 Å². The van der Waals surface area contributed by atoms with E-state index >= 15 is 0 Å². The Morgan fingerprint density at radius 1 is 1.43 bits per heavy atom. The monoisotopic (exact) mass is 313 g/mol. The van der Waals surface area contributed by atoms with Crippen molar-refractivity contribution in [2.24, 2.45) is 5.92 Å². The first-order chi connectivity index (χ1) is 9.93. The zero-order valence-electron chi connectivity index (χ0n) is 12.8. The SMILES string of the molecule is CCCc1cc(OCC(=O)NCCC(C)C)c(C(=O)O)s1. The Labute approximate surface area is 129 Å². The van der Waals surface area contributed by atoms with Gasteiger partial charge in [-0.25, -0.2) is 4.79 Å². The van der Waals surface area contributed by atoms with Gasteiger partial charge in [0.25, 0.3) is 5.91 Å². The van der Waals surface area contributed by atoms with Crippen molar-refractivity contribution in [2.45, 2.75) is 40.0 Å². The molecule has 0 unspecified atom stereocenters. The van der Waals surface area contributed by atoms with Crippen LogP contribution in [0.3, 0.4) is 0 Å². The molecule has 0 saturated carbocycles. The van der Waals surface area contributed by atoms with Gasteiger partial charge in [-0.15, -0.1) is 11.3 Å². The van der Waals surface area contributed by atoms with Gasteiger partial charge in [-0.3, -0.25) is 4.79 Å². The van der Waals surface area contributed by atoms with Gasteiger partial charge in [0.15, 0.2) is 11.5 Å². The van der Waals surface area contributed by atoms with Crippen LogP contribution in [-0.4, -0.2) is 30.1 Å². The van der Waals surface area contributed by atoms with E-state index < -0.39 is 5.97 Å². The molecule has 0 aliphatic carbocycles. The van der Waals surface area contributed by atoms with E-state index in [1.807, 2.05) is 6.92 Å². The van der Waals surface area contributed by atoms with Gasteiger partial charge >= 0.3 is 5.97 Å². The molecule has 0 aliphatic rings. The zero-order chi connectivity index (χ0) is 15.8. The van der Waals surface area contributed by atoms with Crippen LogP contribution in [0.1, 0.15) is 48.2 Å². The van der Waals surface area contributed by atoms with Crippen LogP contribution in [0.15, 0.2) is 6.07 Å². The fraction of sp³-hybridized carbons (Fsp3) is 0.600. The molecule has 0 radical (unpaired) electrons. The topological polar surface area (TPSA) is 75.6 Å². The summed E-state index contributed by atoms with van der Waals surface area (Å²) in [5.41, 5.74) is 0. The number of hydrogen-bond donors (Lipinski definition) is 2. The fourth-order valence-electron chi connectivity index (χ4n) is 1.74. The van der Waals surface area contributed by atoms with E-state index in [4.69, 9.17) is 9.84 Å². The molecule has 0 bridgehead atoms. The summed E-state index contributed by atoms with van der Waals surface area (Å²) < 4.78 is 5.36. The smallest absolute Gasteiger partial charge is 0.349 e. The molecular formula is C15H23NO4S. The molecule has 1 rings (SSSR count). The molecule has 1 aromatic heterocycles. The molecule has 118 valence electrons. The van der Waals surface area contributed by atoms with Gasteiger partial charge in [-0.2, -0.15) is 0 Å². The molecule has 5 nitrogen and oxygen atoms in total. The Balaban J connectivity index is 2.53. The minimum Gasteiger partial charge on any atom is -0.482 e. The van der Waals surface area contributed by atoms with E-state index in [9.17, 15) is 9.59 Å². The Bertz CT molecular complexity index is 482. The third-order valence-corrected chi connectivity index (χ3v) is 4.01.